The van der Waals surface area contributed by atoms with E-state index in [0.29, 0.717) is 12.8 Å². The van der Waals surface area contributed by atoms with Crippen molar-refractivity contribution in [2.75, 3.05) is 6.67 Å². The highest BCUT2D eigenvalue weighted by atomic mass is 19.1. The molecule has 2 aliphatic carbocycles. The summed E-state index contributed by atoms with van der Waals surface area (Å²) < 4.78 is 12.2. The van der Waals surface area contributed by atoms with Gasteiger partial charge in [-0.25, -0.2) is 0 Å². The zero-order chi connectivity index (χ0) is 10.1. The molecular formula is C11H13FO2. The van der Waals surface area contributed by atoms with Crippen LogP contribution in [0, 0.1) is 17.8 Å². The molecule has 1 fully saturated rings. The summed E-state index contributed by atoms with van der Waals surface area (Å²) in [4.78, 5) is 22.9. The summed E-state index contributed by atoms with van der Waals surface area (Å²) in [5, 5.41) is 0. The maximum atomic E-state index is 12.2. The summed E-state index contributed by atoms with van der Waals surface area (Å²) in [5.74, 6) is -0.346. The monoisotopic (exact) mass is 196 g/mol. The van der Waals surface area contributed by atoms with Gasteiger partial charge in [0.25, 0.3) is 0 Å². The second-order valence-corrected chi connectivity index (χ2v) is 4.05. The molecule has 0 heterocycles. The first kappa shape index (κ1) is 9.56. The molecule has 2 rings (SSSR count). The van der Waals surface area contributed by atoms with Crippen LogP contribution in [0.2, 0.25) is 0 Å². The summed E-state index contributed by atoms with van der Waals surface area (Å²) in [6.07, 6.45) is 4.92. The minimum atomic E-state index is -0.417. The molecule has 3 atom stereocenters. The van der Waals surface area contributed by atoms with Crippen molar-refractivity contribution in [1.82, 2.24) is 0 Å². The molecule has 2 nitrogen and oxygen atoms in total. The maximum absolute atomic E-state index is 12.2. The number of rotatable bonds is 2. The molecule has 2 aliphatic rings. The fourth-order valence-corrected chi connectivity index (χ4v) is 2.58. The van der Waals surface area contributed by atoms with Crippen LogP contribution in [0.15, 0.2) is 12.2 Å². The van der Waals surface area contributed by atoms with Crippen molar-refractivity contribution in [2.45, 2.75) is 19.3 Å². The second kappa shape index (κ2) is 3.64. The smallest absolute Gasteiger partial charge is 0.144 e. The van der Waals surface area contributed by atoms with E-state index in [-0.39, 0.29) is 35.7 Å². The van der Waals surface area contributed by atoms with Gasteiger partial charge in [-0.05, 0) is 18.8 Å². The maximum Gasteiger partial charge on any atom is 0.144 e. The Labute approximate surface area is 82.2 Å². The molecule has 3 heteroatoms. The molecule has 0 aromatic carbocycles. The SMILES string of the molecule is O=C1CC(=O)C2C(CCF)C=CCC12. The van der Waals surface area contributed by atoms with Gasteiger partial charge in [-0.1, -0.05) is 12.2 Å². The lowest BCUT2D eigenvalue weighted by molar-refractivity contribution is -0.123. The van der Waals surface area contributed by atoms with E-state index in [1.807, 2.05) is 12.2 Å². The van der Waals surface area contributed by atoms with Gasteiger partial charge in [0.15, 0.2) is 0 Å². The van der Waals surface area contributed by atoms with E-state index < -0.39 is 6.67 Å². The fraction of sp³-hybridized carbons (Fsp3) is 0.636. The molecule has 1 saturated carbocycles. The molecule has 0 aliphatic heterocycles. The predicted molar refractivity (Wildman–Crippen MR) is 49.5 cm³/mol. The van der Waals surface area contributed by atoms with Crippen molar-refractivity contribution in [3.05, 3.63) is 12.2 Å². The first-order valence-electron chi connectivity index (χ1n) is 5.02. The number of halogens is 1. The Morgan fingerprint density at radius 1 is 1.36 bits per heavy atom. The van der Waals surface area contributed by atoms with Crippen LogP contribution in [0.5, 0.6) is 0 Å². The van der Waals surface area contributed by atoms with Crippen molar-refractivity contribution >= 4 is 11.6 Å². The van der Waals surface area contributed by atoms with E-state index in [1.165, 1.54) is 0 Å². The topological polar surface area (TPSA) is 34.1 Å². The van der Waals surface area contributed by atoms with Crippen LogP contribution in [0.1, 0.15) is 19.3 Å². The summed E-state index contributed by atoms with van der Waals surface area (Å²) in [6.45, 7) is -0.417. The van der Waals surface area contributed by atoms with E-state index in [2.05, 4.69) is 0 Å². The van der Waals surface area contributed by atoms with E-state index in [0.717, 1.165) is 0 Å². The van der Waals surface area contributed by atoms with Crippen molar-refractivity contribution in [3.63, 3.8) is 0 Å². The van der Waals surface area contributed by atoms with Crippen LogP contribution >= 0.6 is 0 Å². The van der Waals surface area contributed by atoms with Crippen LogP contribution in [0.25, 0.3) is 0 Å². The van der Waals surface area contributed by atoms with Crippen LogP contribution in [-0.2, 0) is 9.59 Å². The molecule has 0 radical (unpaired) electrons. The van der Waals surface area contributed by atoms with E-state index in [4.69, 9.17) is 0 Å². The third-order valence-corrected chi connectivity index (χ3v) is 3.24. The lowest BCUT2D eigenvalue weighted by Gasteiger charge is -2.26. The number of carbonyl (C=O) groups excluding carboxylic acids is 2. The Morgan fingerprint density at radius 2 is 2.14 bits per heavy atom. The molecule has 0 bridgehead atoms. The van der Waals surface area contributed by atoms with Gasteiger partial charge in [-0.15, -0.1) is 0 Å². The van der Waals surface area contributed by atoms with E-state index >= 15 is 0 Å². The molecule has 14 heavy (non-hydrogen) atoms. The lowest BCUT2D eigenvalue weighted by atomic mass is 9.76. The summed E-state index contributed by atoms with van der Waals surface area (Å²) in [6, 6.07) is 0. The van der Waals surface area contributed by atoms with Gasteiger partial charge >= 0.3 is 0 Å². The molecule has 0 aromatic rings. The Balaban J connectivity index is 2.21. The first-order valence-corrected chi connectivity index (χ1v) is 5.02. The van der Waals surface area contributed by atoms with Gasteiger partial charge in [0, 0.05) is 11.8 Å². The zero-order valence-electron chi connectivity index (χ0n) is 7.91. The molecule has 0 spiro atoms. The summed E-state index contributed by atoms with van der Waals surface area (Å²) in [7, 11) is 0. The fourth-order valence-electron chi connectivity index (χ4n) is 2.58. The van der Waals surface area contributed by atoms with E-state index in [9.17, 15) is 14.0 Å². The Bertz CT molecular complexity index is 296. The standard InChI is InChI=1S/C11H13FO2/c12-5-4-7-2-1-3-8-9(13)6-10(14)11(7)8/h1-2,7-8,11H,3-6H2. The van der Waals surface area contributed by atoms with Crippen LogP contribution in [-0.4, -0.2) is 18.2 Å². The number of fused-ring (bicyclic) bond motifs is 1. The predicted octanol–water partition coefficient (Wildman–Crippen LogP) is 1.70. The highest BCUT2D eigenvalue weighted by molar-refractivity contribution is 6.09. The quantitative estimate of drug-likeness (QED) is 0.497. The molecule has 0 N–H and O–H groups in total. The number of ketones is 2. The number of hydrogen-bond acceptors (Lipinski definition) is 2. The van der Waals surface area contributed by atoms with Gasteiger partial charge in [0.1, 0.15) is 11.6 Å². The van der Waals surface area contributed by atoms with Gasteiger partial charge in [0.2, 0.25) is 0 Å². The third kappa shape index (κ3) is 1.41. The summed E-state index contributed by atoms with van der Waals surface area (Å²) in [5.41, 5.74) is 0. The number of Topliss-reactive ketones (excluding diaryl/α,β-unsaturated/α-hetero) is 2. The Hall–Kier alpha value is -0.990. The average molecular weight is 196 g/mol. The molecule has 0 aromatic heterocycles. The van der Waals surface area contributed by atoms with Crippen molar-refractivity contribution < 1.29 is 14.0 Å². The minimum Gasteiger partial charge on any atom is -0.299 e. The van der Waals surface area contributed by atoms with Gasteiger partial charge in [-0.3, -0.25) is 14.0 Å². The first-order chi connectivity index (χ1) is 6.74. The molecule has 0 saturated heterocycles. The van der Waals surface area contributed by atoms with Gasteiger partial charge in [-0.2, -0.15) is 0 Å². The number of alkyl halides is 1. The number of carbonyl (C=O) groups is 2. The molecule has 3 unspecified atom stereocenters. The van der Waals surface area contributed by atoms with E-state index in [1.54, 1.807) is 0 Å². The zero-order valence-corrected chi connectivity index (χ0v) is 7.91. The second-order valence-electron chi connectivity index (χ2n) is 4.05. The lowest BCUT2D eigenvalue weighted by Crippen LogP contribution is -2.28. The average Bonchev–Trinajstić information content (AvgIpc) is 2.44. The largest absolute Gasteiger partial charge is 0.299 e. The summed E-state index contributed by atoms with van der Waals surface area (Å²) >= 11 is 0. The number of hydrogen-bond donors (Lipinski definition) is 0. The minimum absolute atomic E-state index is 0.0165. The van der Waals surface area contributed by atoms with Crippen LogP contribution in [0.4, 0.5) is 4.39 Å². The normalized spacial score (nSPS) is 36.2. The van der Waals surface area contributed by atoms with Gasteiger partial charge < -0.3 is 0 Å². The Morgan fingerprint density at radius 3 is 2.86 bits per heavy atom. The highest BCUT2D eigenvalue weighted by Crippen LogP contribution is 2.39. The van der Waals surface area contributed by atoms with Gasteiger partial charge in [0.05, 0.1) is 13.1 Å². The van der Waals surface area contributed by atoms with Crippen molar-refractivity contribution in [1.29, 1.82) is 0 Å². The van der Waals surface area contributed by atoms with Crippen LogP contribution < -0.4 is 0 Å². The third-order valence-electron chi connectivity index (χ3n) is 3.24. The Kier molecular flexibility index (Phi) is 2.48. The highest BCUT2D eigenvalue weighted by Gasteiger charge is 2.45. The van der Waals surface area contributed by atoms with Crippen molar-refractivity contribution in [2.24, 2.45) is 17.8 Å². The van der Waals surface area contributed by atoms with Crippen molar-refractivity contribution in [3.8, 4) is 0 Å². The molecular weight excluding hydrogens is 183 g/mol. The molecule has 0 amide bonds. The molecule has 76 valence electrons. The number of allylic oxidation sites excluding steroid dienone is 2. The van der Waals surface area contributed by atoms with Crippen LogP contribution in [0.3, 0.4) is 0 Å².